The standard InChI is InChI=1S/C20H18N6O2/c1-11-5-4-8-26-18(11)25-17-15(20(26)28)9-14(16(21)24-17)19(27)23-12(2)13-6-3-7-22-10-13/h3-10,12H,1-2H3,(H2,21,24)(H,23,27)/p+1/t12-/m0/s1. The molecule has 0 aromatic carbocycles. The molecule has 4 aromatic heterocycles. The highest BCUT2D eigenvalue weighted by Crippen LogP contribution is 2.17. The fourth-order valence-electron chi connectivity index (χ4n) is 3.14. The van der Waals surface area contributed by atoms with Gasteiger partial charge in [0, 0.05) is 18.0 Å². The zero-order chi connectivity index (χ0) is 19.8. The molecular weight excluding hydrogens is 356 g/mol. The van der Waals surface area contributed by atoms with Crippen LogP contribution in [0.5, 0.6) is 0 Å². The third kappa shape index (κ3) is 2.94. The number of nitrogen functional groups attached to an aromatic ring is 1. The summed E-state index contributed by atoms with van der Waals surface area (Å²) < 4.78 is 1.50. The number of fused-ring (bicyclic) bond motifs is 2. The number of pyridine rings is 3. The van der Waals surface area contributed by atoms with E-state index in [1.807, 2.05) is 26.0 Å². The van der Waals surface area contributed by atoms with Crippen molar-refractivity contribution in [1.29, 1.82) is 0 Å². The number of hydrogen-bond acceptors (Lipinski definition) is 5. The van der Waals surface area contributed by atoms with Crippen LogP contribution in [0.4, 0.5) is 5.82 Å². The number of hydrogen-bond donors (Lipinski definition) is 2. The van der Waals surface area contributed by atoms with Crippen molar-refractivity contribution in [3.05, 3.63) is 76.0 Å². The largest absolute Gasteiger partial charge is 0.369 e. The molecule has 0 radical (unpaired) electrons. The summed E-state index contributed by atoms with van der Waals surface area (Å²) in [5.41, 5.74) is 8.64. The summed E-state index contributed by atoms with van der Waals surface area (Å²) in [6.45, 7) is 3.74. The monoisotopic (exact) mass is 375 g/mol. The zero-order valence-electron chi connectivity index (χ0n) is 15.4. The van der Waals surface area contributed by atoms with Crippen molar-refractivity contribution in [2.45, 2.75) is 19.9 Å². The molecular formula is C20H19N6O2+. The summed E-state index contributed by atoms with van der Waals surface area (Å²) in [7, 11) is 0. The van der Waals surface area contributed by atoms with Crippen molar-refractivity contribution in [1.82, 2.24) is 19.7 Å². The Hall–Kier alpha value is -3.81. The topological polar surface area (TPSA) is 117 Å². The van der Waals surface area contributed by atoms with Crippen molar-refractivity contribution < 1.29 is 9.78 Å². The van der Waals surface area contributed by atoms with Gasteiger partial charge in [0.05, 0.1) is 17.8 Å². The van der Waals surface area contributed by atoms with Crippen molar-refractivity contribution in [2.24, 2.45) is 0 Å². The van der Waals surface area contributed by atoms with Crippen LogP contribution in [0.25, 0.3) is 16.7 Å². The van der Waals surface area contributed by atoms with Crippen molar-refractivity contribution in [3.8, 4) is 0 Å². The van der Waals surface area contributed by atoms with E-state index in [0.29, 0.717) is 11.3 Å². The first-order valence-corrected chi connectivity index (χ1v) is 8.80. The molecule has 28 heavy (non-hydrogen) atoms. The molecule has 4 rings (SSSR count). The van der Waals surface area contributed by atoms with Gasteiger partial charge in [0.15, 0.2) is 0 Å². The van der Waals surface area contributed by atoms with Gasteiger partial charge >= 0.3 is 5.56 Å². The summed E-state index contributed by atoms with van der Waals surface area (Å²) in [5.74, 6) is -0.353. The molecule has 0 aliphatic carbocycles. The van der Waals surface area contributed by atoms with Gasteiger partial charge in [-0.05, 0) is 43.7 Å². The number of aromatic amines is 1. The fraction of sp³-hybridized carbons (Fsp3) is 0.150. The third-order valence-corrected chi connectivity index (χ3v) is 4.71. The number of nitrogens with one attached hydrogen (secondary N) is 2. The minimum absolute atomic E-state index is 0.0528. The molecule has 0 fully saturated rings. The van der Waals surface area contributed by atoms with Crippen LogP contribution in [0.3, 0.4) is 0 Å². The molecule has 4 aromatic rings. The Labute approximate surface area is 160 Å². The first-order chi connectivity index (χ1) is 13.5. The van der Waals surface area contributed by atoms with Gasteiger partial charge in [-0.25, -0.2) is 9.78 Å². The van der Waals surface area contributed by atoms with Gasteiger partial charge < -0.3 is 11.1 Å². The number of carbonyl (C=O) groups is 1. The molecule has 0 saturated carbocycles. The number of rotatable bonds is 3. The van der Waals surface area contributed by atoms with Gasteiger partial charge in [-0.15, -0.1) is 0 Å². The number of amides is 1. The molecule has 0 aliphatic heterocycles. The lowest BCUT2D eigenvalue weighted by Gasteiger charge is -2.14. The molecule has 8 nitrogen and oxygen atoms in total. The Morgan fingerprint density at radius 2 is 2.14 bits per heavy atom. The maximum absolute atomic E-state index is 12.9. The number of nitrogens with two attached hydrogens (primary N) is 1. The second-order valence-electron chi connectivity index (χ2n) is 6.64. The average molecular weight is 375 g/mol. The third-order valence-electron chi connectivity index (χ3n) is 4.71. The van der Waals surface area contributed by atoms with Gasteiger partial charge in [-0.2, -0.15) is 4.40 Å². The van der Waals surface area contributed by atoms with Crippen molar-refractivity contribution >= 4 is 28.4 Å². The summed E-state index contributed by atoms with van der Waals surface area (Å²) in [5, 5.41) is 3.15. The molecule has 4 N–H and O–H groups in total. The predicted molar refractivity (Wildman–Crippen MR) is 105 cm³/mol. The summed E-state index contributed by atoms with van der Waals surface area (Å²) in [4.78, 5) is 37.1. The highest BCUT2D eigenvalue weighted by molar-refractivity contribution is 6.01. The van der Waals surface area contributed by atoms with Crippen LogP contribution in [0.15, 0.2) is 53.7 Å². The molecule has 1 amide bonds. The summed E-state index contributed by atoms with van der Waals surface area (Å²) in [6.07, 6.45) is 5.02. The number of carbonyl (C=O) groups excluding carboxylic acids is 1. The zero-order valence-corrected chi connectivity index (χ0v) is 15.4. The first-order valence-electron chi connectivity index (χ1n) is 8.80. The Morgan fingerprint density at radius 3 is 2.89 bits per heavy atom. The van der Waals surface area contributed by atoms with E-state index in [4.69, 9.17) is 5.73 Å². The lowest BCUT2D eigenvalue weighted by molar-refractivity contribution is -0.319. The number of H-pyrrole nitrogens is 1. The molecule has 1 atom stereocenters. The van der Waals surface area contributed by atoms with Gasteiger partial charge in [-0.1, -0.05) is 11.1 Å². The number of nitrogens with zero attached hydrogens (tertiary/aromatic N) is 3. The molecule has 0 spiro atoms. The van der Waals surface area contributed by atoms with Gasteiger partial charge in [0.1, 0.15) is 5.39 Å². The Balaban J connectivity index is 1.78. The Kier molecular flexibility index (Phi) is 4.23. The molecule has 0 saturated heterocycles. The van der Waals surface area contributed by atoms with Crippen LogP contribution in [0, 0.1) is 6.92 Å². The average Bonchev–Trinajstić information content (AvgIpc) is 2.69. The predicted octanol–water partition coefficient (Wildman–Crippen LogP) is 1.44. The molecule has 8 heteroatoms. The maximum Gasteiger partial charge on any atom is 0.325 e. The summed E-state index contributed by atoms with van der Waals surface area (Å²) >= 11 is 0. The number of aromatic nitrogens is 4. The van der Waals surface area contributed by atoms with E-state index in [0.717, 1.165) is 11.1 Å². The van der Waals surface area contributed by atoms with Crippen molar-refractivity contribution in [2.75, 3.05) is 5.73 Å². The molecule has 4 heterocycles. The van der Waals surface area contributed by atoms with E-state index in [-0.39, 0.29) is 28.4 Å². The highest BCUT2D eigenvalue weighted by Gasteiger charge is 2.22. The van der Waals surface area contributed by atoms with Crippen LogP contribution in [-0.2, 0) is 0 Å². The molecule has 0 bridgehead atoms. The first kappa shape index (κ1) is 17.6. The van der Waals surface area contributed by atoms with E-state index in [9.17, 15) is 9.59 Å². The number of anilines is 1. The smallest absolute Gasteiger partial charge is 0.325 e. The van der Waals surface area contributed by atoms with E-state index < -0.39 is 5.91 Å². The fourth-order valence-corrected chi connectivity index (χ4v) is 3.14. The summed E-state index contributed by atoms with van der Waals surface area (Å²) in [6, 6.07) is 8.56. The Bertz CT molecular complexity index is 1270. The van der Waals surface area contributed by atoms with Gasteiger partial charge in [0.25, 0.3) is 11.6 Å². The van der Waals surface area contributed by atoms with E-state index in [2.05, 4.69) is 20.3 Å². The molecule has 140 valence electrons. The quantitative estimate of drug-likeness (QED) is 0.526. The maximum atomic E-state index is 12.9. The minimum atomic E-state index is -0.406. The lowest BCUT2D eigenvalue weighted by atomic mass is 10.1. The second-order valence-corrected chi connectivity index (χ2v) is 6.64. The minimum Gasteiger partial charge on any atom is -0.369 e. The van der Waals surface area contributed by atoms with E-state index in [1.165, 1.54) is 10.5 Å². The normalized spacial score (nSPS) is 12.2. The van der Waals surface area contributed by atoms with E-state index >= 15 is 0 Å². The number of aryl methyl sites for hydroxylation is 1. The highest BCUT2D eigenvalue weighted by atomic mass is 16.2. The van der Waals surface area contributed by atoms with Crippen LogP contribution in [-0.4, -0.2) is 20.3 Å². The van der Waals surface area contributed by atoms with Crippen LogP contribution >= 0.6 is 0 Å². The van der Waals surface area contributed by atoms with Gasteiger partial charge in [0.2, 0.25) is 11.5 Å². The van der Waals surface area contributed by atoms with Crippen LogP contribution in [0.1, 0.15) is 34.5 Å². The van der Waals surface area contributed by atoms with Crippen LogP contribution in [0.2, 0.25) is 0 Å². The van der Waals surface area contributed by atoms with Crippen molar-refractivity contribution in [3.63, 3.8) is 0 Å². The second kappa shape index (κ2) is 6.73. The van der Waals surface area contributed by atoms with Gasteiger partial charge in [-0.3, -0.25) is 9.78 Å². The molecule has 0 unspecified atom stereocenters. The SMILES string of the molecule is Cc1cccn2c(=O)c3cc(C(=O)N[C@@H](C)c4cccnc4)c(N)nc3[nH+]c12. The van der Waals surface area contributed by atoms with E-state index in [1.54, 1.807) is 30.7 Å². The Morgan fingerprint density at radius 1 is 1.32 bits per heavy atom. The van der Waals surface area contributed by atoms with Crippen LogP contribution < -0.4 is 21.6 Å². The molecule has 0 aliphatic rings. The lowest BCUT2D eigenvalue weighted by Crippen LogP contribution is -2.29.